The summed E-state index contributed by atoms with van der Waals surface area (Å²) in [5.74, 6) is -1.21. The van der Waals surface area contributed by atoms with Gasteiger partial charge in [-0.2, -0.15) is 0 Å². The third kappa shape index (κ3) is 3.24. The van der Waals surface area contributed by atoms with Crippen LogP contribution in [-0.2, 0) is 16.0 Å². The van der Waals surface area contributed by atoms with Gasteiger partial charge in [0.25, 0.3) is 11.8 Å². The van der Waals surface area contributed by atoms with Crippen LogP contribution >= 0.6 is 0 Å². The van der Waals surface area contributed by atoms with Crippen molar-refractivity contribution in [3.8, 4) is 0 Å². The number of cyclic esters (lactones) is 1. The SMILES string of the molecule is CNC(=O)c1cccc(NC(=O)C2(C)Cc3ccccc3C(=O)O2)c1. The first-order valence-corrected chi connectivity index (χ1v) is 7.88. The largest absolute Gasteiger partial charge is 0.445 e. The molecule has 2 aromatic rings. The van der Waals surface area contributed by atoms with Gasteiger partial charge in [0.2, 0.25) is 0 Å². The van der Waals surface area contributed by atoms with E-state index in [-0.39, 0.29) is 12.3 Å². The fraction of sp³-hybridized carbons (Fsp3) is 0.211. The van der Waals surface area contributed by atoms with E-state index in [9.17, 15) is 14.4 Å². The Kier molecular flexibility index (Phi) is 4.27. The second-order valence-corrected chi connectivity index (χ2v) is 6.07. The Balaban J connectivity index is 1.82. The third-order valence-corrected chi connectivity index (χ3v) is 4.17. The lowest BCUT2D eigenvalue weighted by atomic mass is 9.89. The highest BCUT2D eigenvalue weighted by Crippen LogP contribution is 2.29. The smallest absolute Gasteiger partial charge is 0.339 e. The van der Waals surface area contributed by atoms with E-state index in [1.807, 2.05) is 12.1 Å². The molecule has 25 heavy (non-hydrogen) atoms. The van der Waals surface area contributed by atoms with Gasteiger partial charge >= 0.3 is 5.97 Å². The predicted molar refractivity (Wildman–Crippen MR) is 92.4 cm³/mol. The quantitative estimate of drug-likeness (QED) is 0.840. The molecule has 0 spiro atoms. The van der Waals surface area contributed by atoms with Gasteiger partial charge < -0.3 is 15.4 Å². The molecule has 2 amide bonds. The minimum absolute atomic E-state index is 0.250. The third-order valence-electron chi connectivity index (χ3n) is 4.17. The summed E-state index contributed by atoms with van der Waals surface area (Å²) in [6.07, 6.45) is 0.288. The van der Waals surface area contributed by atoms with Gasteiger partial charge in [0.05, 0.1) is 5.56 Å². The number of nitrogens with one attached hydrogen (secondary N) is 2. The summed E-state index contributed by atoms with van der Waals surface area (Å²) < 4.78 is 5.40. The monoisotopic (exact) mass is 338 g/mol. The lowest BCUT2D eigenvalue weighted by Gasteiger charge is -2.33. The topological polar surface area (TPSA) is 84.5 Å². The summed E-state index contributed by atoms with van der Waals surface area (Å²) in [5, 5.41) is 5.26. The van der Waals surface area contributed by atoms with Crippen LogP contribution in [0.5, 0.6) is 0 Å². The number of hydrogen-bond donors (Lipinski definition) is 2. The summed E-state index contributed by atoms with van der Waals surface area (Å²) in [7, 11) is 1.54. The van der Waals surface area contributed by atoms with E-state index in [4.69, 9.17) is 4.74 Å². The van der Waals surface area contributed by atoms with Gasteiger partial charge in [-0.05, 0) is 36.8 Å². The first-order chi connectivity index (χ1) is 11.9. The van der Waals surface area contributed by atoms with Crippen molar-refractivity contribution in [1.82, 2.24) is 5.32 Å². The molecule has 128 valence electrons. The van der Waals surface area contributed by atoms with E-state index in [0.29, 0.717) is 16.8 Å². The Morgan fingerprint density at radius 1 is 1.12 bits per heavy atom. The minimum atomic E-state index is -1.31. The Morgan fingerprint density at radius 3 is 2.64 bits per heavy atom. The van der Waals surface area contributed by atoms with Crippen LogP contribution < -0.4 is 10.6 Å². The summed E-state index contributed by atoms with van der Waals surface area (Å²) in [6, 6.07) is 13.6. The van der Waals surface area contributed by atoms with Crippen molar-refractivity contribution in [3.63, 3.8) is 0 Å². The van der Waals surface area contributed by atoms with Crippen LogP contribution in [0.15, 0.2) is 48.5 Å². The molecule has 0 bridgehead atoms. The van der Waals surface area contributed by atoms with E-state index in [0.717, 1.165) is 5.56 Å². The fourth-order valence-electron chi connectivity index (χ4n) is 2.81. The highest BCUT2D eigenvalue weighted by Gasteiger charge is 2.42. The first kappa shape index (κ1) is 16.7. The van der Waals surface area contributed by atoms with Gasteiger partial charge in [-0.3, -0.25) is 9.59 Å². The Bertz CT molecular complexity index is 862. The van der Waals surface area contributed by atoms with Crippen LogP contribution in [0, 0.1) is 0 Å². The first-order valence-electron chi connectivity index (χ1n) is 7.88. The average Bonchev–Trinajstić information content (AvgIpc) is 2.61. The van der Waals surface area contributed by atoms with Crippen molar-refractivity contribution in [3.05, 3.63) is 65.2 Å². The zero-order valence-corrected chi connectivity index (χ0v) is 14.0. The van der Waals surface area contributed by atoms with Gasteiger partial charge in [-0.15, -0.1) is 0 Å². The van der Waals surface area contributed by atoms with Gasteiger partial charge in [0.1, 0.15) is 0 Å². The number of carbonyl (C=O) groups excluding carboxylic acids is 3. The number of carbonyl (C=O) groups is 3. The maximum Gasteiger partial charge on any atom is 0.339 e. The molecule has 0 saturated carbocycles. The molecule has 1 atom stereocenters. The molecule has 0 saturated heterocycles. The minimum Gasteiger partial charge on any atom is -0.445 e. The van der Waals surface area contributed by atoms with Crippen molar-refractivity contribution < 1.29 is 19.1 Å². The Labute approximate surface area is 145 Å². The van der Waals surface area contributed by atoms with E-state index < -0.39 is 17.5 Å². The summed E-state index contributed by atoms with van der Waals surface area (Å²) in [5.41, 5.74) is 0.831. The predicted octanol–water partition coefficient (Wildman–Crippen LogP) is 2.16. The van der Waals surface area contributed by atoms with Crippen molar-refractivity contribution in [2.24, 2.45) is 0 Å². The molecule has 1 aliphatic heterocycles. The van der Waals surface area contributed by atoms with Crippen LogP contribution in [0.4, 0.5) is 5.69 Å². The fourth-order valence-corrected chi connectivity index (χ4v) is 2.81. The molecule has 0 fully saturated rings. The summed E-state index contributed by atoms with van der Waals surface area (Å²) in [6.45, 7) is 1.58. The molecule has 6 nitrogen and oxygen atoms in total. The highest BCUT2D eigenvalue weighted by molar-refractivity contribution is 6.03. The molecule has 0 aromatic heterocycles. The van der Waals surface area contributed by atoms with Crippen molar-refractivity contribution in [1.29, 1.82) is 0 Å². The second kappa shape index (κ2) is 6.39. The zero-order chi connectivity index (χ0) is 18.0. The van der Waals surface area contributed by atoms with Crippen LogP contribution in [0.1, 0.15) is 33.2 Å². The second-order valence-electron chi connectivity index (χ2n) is 6.07. The zero-order valence-electron chi connectivity index (χ0n) is 14.0. The molecule has 1 unspecified atom stereocenters. The molecule has 2 N–H and O–H groups in total. The van der Waals surface area contributed by atoms with Crippen LogP contribution in [0.2, 0.25) is 0 Å². The lowest BCUT2D eigenvalue weighted by molar-refractivity contribution is -0.134. The number of fused-ring (bicyclic) bond motifs is 1. The van der Waals surface area contributed by atoms with Crippen LogP contribution in [0.3, 0.4) is 0 Å². The number of hydrogen-bond acceptors (Lipinski definition) is 4. The number of esters is 1. The van der Waals surface area contributed by atoms with E-state index >= 15 is 0 Å². The number of anilines is 1. The number of ether oxygens (including phenoxy) is 1. The van der Waals surface area contributed by atoms with Gasteiger partial charge in [0, 0.05) is 24.7 Å². The van der Waals surface area contributed by atoms with Crippen molar-refractivity contribution >= 4 is 23.5 Å². The van der Waals surface area contributed by atoms with E-state index in [1.54, 1.807) is 43.3 Å². The average molecular weight is 338 g/mol. The Hall–Kier alpha value is -3.15. The van der Waals surface area contributed by atoms with Crippen molar-refractivity contribution in [2.75, 3.05) is 12.4 Å². The van der Waals surface area contributed by atoms with Gasteiger partial charge in [-0.1, -0.05) is 24.3 Å². The molecule has 6 heteroatoms. The highest BCUT2D eigenvalue weighted by atomic mass is 16.6. The maximum absolute atomic E-state index is 12.7. The van der Waals surface area contributed by atoms with Gasteiger partial charge in [-0.25, -0.2) is 4.79 Å². The molecule has 2 aromatic carbocycles. The molecular weight excluding hydrogens is 320 g/mol. The summed E-state index contributed by atoms with van der Waals surface area (Å²) in [4.78, 5) is 36.6. The summed E-state index contributed by atoms with van der Waals surface area (Å²) >= 11 is 0. The van der Waals surface area contributed by atoms with Gasteiger partial charge in [0.15, 0.2) is 5.60 Å². The maximum atomic E-state index is 12.7. The molecule has 3 rings (SSSR count). The number of benzene rings is 2. The van der Waals surface area contributed by atoms with E-state index in [2.05, 4.69) is 10.6 Å². The molecule has 0 aliphatic carbocycles. The van der Waals surface area contributed by atoms with Crippen molar-refractivity contribution in [2.45, 2.75) is 18.9 Å². The molecule has 1 heterocycles. The standard InChI is InChI=1S/C19H18N2O4/c1-19(11-13-6-3-4-9-15(13)17(23)25-19)18(24)21-14-8-5-7-12(10-14)16(22)20-2/h3-10H,11H2,1-2H3,(H,20,22)(H,21,24). The number of rotatable bonds is 3. The molecular formula is C19H18N2O4. The molecule has 0 radical (unpaired) electrons. The molecule has 1 aliphatic rings. The Morgan fingerprint density at radius 2 is 1.88 bits per heavy atom. The van der Waals surface area contributed by atoms with E-state index in [1.165, 1.54) is 7.05 Å². The normalized spacial score (nSPS) is 18.7. The van der Waals surface area contributed by atoms with Crippen LogP contribution in [0.25, 0.3) is 0 Å². The number of amides is 2. The lowest BCUT2D eigenvalue weighted by Crippen LogP contribution is -2.48. The van der Waals surface area contributed by atoms with Crippen LogP contribution in [-0.4, -0.2) is 30.4 Å².